The van der Waals surface area contributed by atoms with Gasteiger partial charge in [0, 0.05) is 29.4 Å². The molecule has 1 aliphatic carbocycles. The van der Waals surface area contributed by atoms with Crippen LogP contribution in [-0.4, -0.2) is 4.98 Å². The van der Waals surface area contributed by atoms with Crippen molar-refractivity contribution in [3.8, 4) is 23.0 Å². The highest BCUT2D eigenvalue weighted by Gasteiger charge is 2.49. The van der Waals surface area contributed by atoms with Gasteiger partial charge in [-0.2, -0.15) is 0 Å². The molecule has 4 heteroatoms. The molecule has 4 N–H and O–H groups in total. The molecule has 4 nitrogen and oxygen atoms in total. The van der Waals surface area contributed by atoms with Gasteiger partial charge in [0.25, 0.3) is 0 Å². The number of rotatable bonds is 3. The van der Waals surface area contributed by atoms with Crippen molar-refractivity contribution >= 4 is 0 Å². The average Bonchev–Trinajstić information content (AvgIpc) is 3.43. The van der Waals surface area contributed by atoms with Crippen molar-refractivity contribution < 1.29 is 0 Å². The topological polar surface area (TPSA) is 63.0 Å². The highest BCUT2D eigenvalue weighted by Crippen LogP contribution is 2.47. The molecule has 2 heterocycles. The Morgan fingerprint density at radius 2 is 2.00 bits per heavy atom. The third-order valence-corrected chi connectivity index (χ3v) is 4.97. The van der Waals surface area contributed by atoms with Crippen molar-refractivity contribution in [3.63, 3.8) is 0 Å². The summed E-state index contributed by atoms with van der Waals surface area (Å²) in [5.74, 6) is 7.29. The Kier molecular flexibility index (Phi) is 3.65. The molecule has 1 aromatic carbocycles. The van der Waals surface area contributed by atoms with E-state index in [1.54, 1.807) is 6.20 Å². The van der Waals surface area contributed by atoms with Crippen LogP contribution in [0.2, 0.25) is 0 Å². The SMILES string of the molecule is CC#Cc1cncc(-c2cccc([C@]3(C4CC4)NC(C)=C(N)N3)c2)c1. The van der Waals surface area contributed by atoms with E-state index in [9.17, 15) is 0 Å². The zero-order valence-corrected chi connectivity index (χ0v) is 14.6. The molecule has 2 aliphatic rings. The lowest BCUT2D eigenvalue weighted by Gasteiger charge is -2.33. The number of nitrogens with one attached hydrogen (secondary N) is 2. The molecular weight excluding hydrogens is 308 g/mol. The zero-order chi connectivity index (χ0) is 17.4. The molecule has 1 saturated carbocycles. The molecule has 1 aliphatic heterocycles. The Balaban J connectivity index is 1.74. The normalized spacial score (nSPS) is 22.0. The van der Waals surface area contributed by atoms with Crippen LogP contribution in [0.25, 0.3) is 11.1 Å². The van der Waals surface area contributed by atoms with E-state index in [2.05, 4.69) is 57.8 Å². The van der Waals surface area contributed by atoms with E-state index in [1.807, 2.05) is 20.0 Å². The van der Waals surface area contributed by atoms with E-state index in [0.29, 0.717) is 5.92 Å². The average molecular weight is 330 g/mol. The molecule has 4 rings (SSSR count). The molecule has 2 aromatic rings. The Labute approximate surface area is 148 Å². The van der Waals surface area contributed by atoms with Gasteiger partial charge in [-0.1, -0.05) is 24.1 Å². The summed E-state index contributed by atoms with van der Waals surface area (Å²) in [5, 5.41) is 7.13. The van der Waals surface area contributed by atoms with Gasteiger partial charge in [-0.15, -0.1) is 5.92 Å². The van der Waals surface area contributed by atoms with Crippen LogP contribution in [-0.2, 0) is 5.66 Å². The number of nitrogens with two attached hydrogens (primary N) is 1. The van der Waals surface area contributed by atoms with Crippen LogP contribution in [0, 0.1) is 17.8 Å². The lowest BCUT2D eigenvalue weighted by molar-refractivity contribution is 0.295. The summed E-state index contributed by atoms with van der Waals surface area (Å²) < 4.78 is 0. The van der Waals surface area contributed by atoms with E-state index < -0.39 is 0 Å². The van der Waals surface area contributed by atoms with Crippen molar-refractivity contribution in [1.29, 1.82) is 0 Å². The van der Waals surface area contributed by atoms with Crippen LogP contribution in [0.5, 0.6) is 0 Å². The van der Waals surface area contributed by atoms with Crippen molar-refractivity contribution in [2.45, 2.75) is 32.4 Å². The molecule has 0 amide bonds. The van der Waals surface area contributed by atoms with E-state index in [0.717, 1.165) is 28.2 Å². The van der Waals surface area contributed by atoms with Gasteiger partial charge in [-0.05, 0) is 49.9 Å². The fourth-order valence-electron chi connectivity index (χ4n) is 3.56. The standard InChI is InChI=1S/C21H22N4/c1-3-5-15-10-17(13-23-12-15)16-6-4-7-19(11-16)21(18-8-9-18)24-14(2)20(22)25-21/h4,6-7,10-13,18,24-25H,8-9,22H2,1-2H3/t21-/m1/s1. The van der Waals surface area contributed by atoms with E-state index >= 15 is 0 Å². The van der Waals surface area contributed by atoms with Gasteiger partial charge in [0.2, 0.25) is 0 Å². The molecule has 1 fully saturated rings. The van der Waals surface area contributed by atoms with Crippen LogP contribution in [0.4, 0.5) is 0 Å². The largest absolute Gasteiger partial charge is 0.384 e. The minimum absolute atomic E-state index is 0.293. The Bertz CT molecular complexity index is 899. The van der Waals surface area contributed by atoms with Gasteiger partial charge >= 0.3 is 0 Å². The first-order valence-electron chi connectivity index (χ1n) is 8.64. The van der Waals surface area contributed by atoms with Crippen molar-refractivity contribution in [2.24, 2.45) is 11.7 Å². The summed E-state index contributed by atoms with van der Waals surface area (Å²) >= 11 is 0. The molecule has 0 spiro atoms. The minimum atomic E-state index is -0.293. The lowest BCUT2D eigenvalue weighted by Crippen LogP contribution is -2.49. The van der Waals surface area contributed by atoms with Crippen LogP contribution in [0.15, 0.2) is 54.2 Å². The number of hydrogen-bond acceptors (Lipinski definition) is 4. The number of aromatic nitrogens is 1. The number of pyridine rings is 1. The van der Waals surface area contributed by atoms with E-state index in [4.69, 9.17) is 5.73 Å². The molecule has 0 bridgehead atoms. The minimum Gasteiger partial charge on any atom is -0.384 e. The number of allylic oxidation sites excluding steroid dienone is 1. The Morgan fingerprint density at radius 1 is 1.16 bits per heavy atom. The first kappa shape index (κ1) is 15.6. The van der Waals surface area contributed by atoms with Crippen LogP contribution in [0.1, 0.15) is 37.8 Å². The molecule has 0 saturated heterocycles. The first-order chi connectivity index (χ1) is 12.1. The first-order valence-corrected chi connectivity index (χ1v) is 8.64. The van der Waals surface area contributed by atoms with Crippen LogP contribution >= 0.6 is 0 Å². The van der Waals surface area contributed by atoms with Gasteiger partial charge in [0.05, 0.1) is 5.70 Å². The van der Waals surface area contributed by atoms with Gasteiger partial charge in [0.15, 0.2) is 0 Å². The summed E-state index contributed by atoms with van der Waals surface area (Å²) in [6, 6.07) is 10.7. The van der Waals surface area contributed by atoms with Gasteiger partial charge in [-0.25, -0.2) is 0 Å². The predicted octanol–water partition coefficient (Wildman–Crippen LogP) is 3.02. The van der Waals surface area contributed by atoms with Crippen LogP contribution < -0.4 is 16.4 Å². The monoisotopic (exact) mass is 330 g/mol. The molecule has 0 radical (unpaired) electrons. The second-order valence-corrected chi connectivity index (χ2v) is 6.79. The second kappa shape index (κ2) is 5.86. The molecule has 1 atom stereocenters. The predicted molar refractivity (Wildman–Crippen MR) is 99.8 cm³/mol. The second-order valence-electron chi connectivity index (χ2n) is 6.79. The molecule has 1 aromatic heterocycles. The summed E-state index contributed by atoms with van der Waals surface area (Å²) in [6.07, 6.45) is 6.09. The van der Waals surface area contributed by atoms with Crippen molar-refractivity contribution in [1.82, 2.24) is 15.6 Å². The molecule has 126 valence electrons. The summed E-state index contributed by atoms with van der Waals surface area (Å²) in [5.41, 5.74) is 11.2. The number of hydrogen-bond donors (Lipinski definition) is 3. The van der Waals surface area contributed by atoms with Crippen LogP contribution in [0.3, 0.4) is 0 Å². The lowest BCUT2D eigenvalue weighted by atomic mass is 9.91. The molecule has 25 heavy (non-hydrogen) atoms. The van der Waals surface area contributed by atoms with Gasteiger partial charge in [-0.3, -0.25) is 4.98 Å². The Morgan fingerprint density at radius 3 is 2.68 bits per heavy atom. The number of nitrogens with zero attached hydrogens (tertiary/aromatic N) is 1. The quantitative estimate of drug-likeness (QED) is 0.757. The molecule has 0 unspecified atom stereocenters. The maximum Gasteiger partial charge on any atom is 0.138 e. The third-order valence-electron chi connectivity index (χ3n) is 4.97. The maximum atomic E-state index is 6.14. The van der Waals surface area contributed by atoms with Crippen molar-refractivity contribution in [3.05, 3.63) is 65.4 Å². The molecular formula is C21H22N4. The summed E-state index contributed by atoms with van der Waals surface area (Å²) in [4.78, 5) is 4.33. The van der Waals surface area contributed by atoms with E-state index in [1.165, 1.54) is 18.4 Å². The highest BCUT2D eigenvalue weighted by atomic mass is 15.3. The fraction of sp³-hybridized carbons (Fsp3) is 0.286. The van der Waals surface area contributed by atoms with E-state index in [-0.39, 0.29) is 5.66 Å². The fourth-order valence-corrected chi connectivity index (χ4v) is 3.56. The summed E-state index contributed by atoms with van der Waals surface area (Å²) in [6.45, 7) is 3.86. The smallest absolute Gasteiger partial charge is 0.138 e. The third kappa shape index (κ3) is 2.72. The van der Waals surface area contributed by atoms with Gasteiger partial charge < -0.3 is 16.4 Å². The Hall–Kier alpha value is -2.93. The van der Waals surface area contributed by atoms with Crippen molar-refractivity contribution in [2.75, 3.05) is 0 Å². The number of benzene rings is 1. The highest BCUT2D eigenvalue weighted by molar-refractivity contribution is 5.65. The van der Waals surface area contributed by atoms with Gasteiger partial charge in [0.1, 0.15) is 11.5 Å². The zero-order valence-electron chi connectivity index (χ0n) is 14.6. The summed E-state index contributed by atoms with van der Waals surface area (Å²) in [7, 11) is 0. The maximum absolute atomic E-state index is 6.14.